The Morgan fingerprint density at radius 2 is 1.37 bits per heavy atom. The summed E-state index contributed by atoms with van der Waals surface area (Å²) in [6, 6.07) is 0. The number of carbonyl (C=O) groups is 3. The van der Waals surface area contributed by atoms with Crippen LogP contribution in [-0.4, -0.2) is 59.9 Å². The minimum Gasteiger partial charge on any atom is -0.481 e. The molecule has 172 valence electrons. The summed E-state index contributed by atoms with van der Waals surface area (Å²) in [4.78, 5) is 34.8. The predicted molar refractivity (Wildman–Crippen MR) is 89.0 cm³/mol. The van der Waals surface area contributed by atoms with E-state index in [2.05, 4.69) is 0 Å². The molecule has 1 saturated heterocycles. The highest BCUT2D eigenvalue weighted by Gasteiger charge is 2.70. The third-order valence-corrected chi connectivity index (χ3v) is 5.81. The Morgan fingerprint density at radius 3 is 1.63 bits per heavy atom. The number of likely N-dealkylation sites (tertiary alicyclic amines) is 1. The first kappa shape index (κ1) is 24.3. The molecule has 3 fully saturated rings. The van der Waals surface area contributed by atoms with E-state index in [1.165, 1.54) is 4.90 Å². The number of hydrogen-bond acceptors (Lipinski definition) is 4. The Hall–Kier alpha value is -2.01. The van der Waals surface area contributed by atoms with Gasteiger partial charge in [-0.25, -0.2) is 0 Å². The number of aliphatic carboxylic acids is 1. The highest BCUT2D eigenvalue weighted by atomic mass is 19.4. The fourth-order valence-corrected chi connectivity index (χ4v) is 3.37. The Morgan fingerprint density at radius 1 is 0.933 bits per heavy atom. The van der Waals surface area contributed by atoms with Crippen LogP contribution in [0.3, 0.4) is 0 Å². The number of alkyl halides is 6. The molecule has 0 unspecified atom stereocenters. The molecule has 1 aliphatic heterocycles. The molecule has 30 heavy (non-hydrogen) atoms. The molecule has 2 saturated carbocycles. The molecule has 0 aromatic heterocycles. The van der Waals surface area contributed by atoms with E-state index in [4.69, 9.17) is 9.84 Å². The van der Waals surface area contributed by atoms with Gasteiger partial charge in [-0.2, -0.15) is 26.3 Å². The molecule has 1 amide bonds. The Kier molecular flexibility index (Phi) is 6.68. The third-order valence-electron chi connectivity index (χ3n) is 5.81. The summed E-state index contributed by atoms with van der Waals surface area (Å²) in [5.74, 6) is -3.20. The van der Waals surface area contributed by atoms with Gasteiger partial charge in [0.15, 0.2) is 5.41 Å². The van der Waals surface area contributed by atoms with E-state index in [-0.39, 0.29) is 57.3 Å². The second kappa shape index (κ2) is 8.26. The zero-order valence-electron chi connectivity index (χ0n) is 16.2. The monoisotopic (exact) mass is 447 g/mol. The van der Waals surface area contributed by atoms with Crippen LogP contribution in [0.2, 0.25) is 0 Å². The van der Waals surface area contributed by atoms with Crippen molar-refractivity contribution in [3.05, 3.63) is 0 Å². The molecule has 0 aromatic carbocycles. The third kappa shape index (κ3) is 4.66. The fourth-order valence-electron chi connectivity index (χ4n) is 3.37. The van der Waals surface area contributed by atoms with Gasteiger partial charge in [-0.15, -0.1) is 0 Å². The van der Waals surface area contributed by atoms with Crippen molar-refractivity contribution in [1.82, 2.24) is 4.90 Å². The number of carboxylic acid groups (broad SMARTS) is 1. The van der Waals surface area contributed by atoms with Crippen molar-refractivity contribution in [3.8, 4) is 0 Å². The average molecular weight is 447 g/mol. The summed E-state index contributed by atoms with van der Waals surface area (Å²) in [7, 11) is 0. The van der Waals surface area contributed by atoms with Gasteiger partial charge in [-0.1, -0.05) is 0 Å². The number of carbonyl (C=O) groups excluding carboxylic acids is 2. The van der Waals surface area contributed by atoms with E-state index in [0.717, 1.165) is 0 Å². The summed E-state index contributed by atoms with van der Waals surface area (Å²) >= 11 is 0. The van der Waals surface area contributed by atoms with Crippen LogP contribution in [-0.2, 0) is 19.1 Å². The number of halogens is 6. The molecule has 3 rings (SSSR count). The quantitative estimate of drug-likeness (QED) is 0.527. The number of esters is 1. The Bertz CT molecular complexity index is 674. The number of nitrogens with zero attached hydrogens (tertiary/aromatic N) is 1. The first-order valence-corrected chi connectivity index (χ1v) is 9.55. The van der Waals surface area contributed by atoms with Gasteiger partial charge in [0.05, 0.1) is 12.5 Å². The second-order valence-corrected chi connectivity index (χ2v) is 7.78. The maximum Gasteiger partial charge on any atom is 0.404 e. The number of hydrogen-bond donors (Lipinski definition) is 1. The van der Waals surface area contributed by atoms with E-state index in [1.54, 1.807) is 6.92 Å². The largest absolute Gasteiger partial charge is 0.481 e. The molecule has 6 nitrogen and oxygen atoms in total. The molecule has 0 radical (unpaired) electrons. The van der Waals surface area contributed by atoms with Crippen LogP contribution in [0.5, 0.6) is 0 Å². The summed E-state index contributed by atoms with van der Waals surface area (Å²) in [5.41, 5.74) is -4.54. The first-order chi connectivity index (χ1) is 13.7. The molecule has 1 heterocycles. The van der Waals surface area contributed by atoms with E-state index >= 15 is 0 Å². The molecule has 3 aliphatic rings. The molecule has 0 bridgehead atoms. The van der Waals surface area contributed by atoms with Crippen LogP contribution >= 0.6 is 0 Å². The Labute approximate surface area is 168 Å². The van der Waals surface area contributed by atoms with Crippen molar-refractivity contribution in [2.24, 2.45) is 16.7 Å². The van der Waals surface area contributed by atoms with Crippen LogP contribution in [0, 0.1) is 16.7 Å². The topological polar surface area (TPSA) is 83.9 Å². The van der Waals surface area contributed by atoms with Gasteiger partial charge in [0.1, 0.15) is 5.41 Å². The van der Waals surface area contributed by atoms with Crippen molar-refractivity contribution in [1.29, 1.82) is 0 Å². The van der Waals surface area contributed by atoms with Gasteiger partial charge in [-0.05, 0) is 45.4 Å². The fraction of sp³-hybridized carbons (Fsp3) is 0.833. The summed E-state index contributed by atoms with van der Waals surface area (Å²) in [6.07, 6.45) is -9.07. The molecule has 1 N–H and O–H groups in total. The zero-order chi connectivity index (χ0) is 23.0. The van der Waals surface area contributed by atoms with Crippen LogP contribution in [0.15, 0.2) is 0 Å². The average Bonchev–Trinajstić information content (AvgIpc) is 3.53. The molecular weight excluding hydrogens is 424 g/mol. The van der Waals surface area contributed by atoms with Crippen molar-refractivity contribution in [2.45, 2.75) is 57.8 Å². The van der Waals surface area contributed by atoms with Gasteiger partial charge >= 0.3 is 24.3 Å². The Balaban J connectivity index is 0.000000269. The van der Waals surface area contributed by atoms with Crippen molar-refractivity contribution in [2.75, 3.05) is 19.7 Å². The van der Waals surface area contributed by atoms with E-state index in [1.807, 2.05) is 0 Å². The van der Waals surface area contributed by atoms with Crippen LogP contribution in [0.1, 0.15) is 45.4 Å². The highest BCUT2D eigenvalue weighted by molar-refractivity contribution is 5.86. The van der Waals surface area contributed by atoms with Gasteiger partial charge in [-0.3, -0.25) is 14.4 Å². The highest BCUT2D eigenvalue weighted by Crippen LogP contribution is 2.59. The molecule has 12 heteroatoms. The molecular formula is C18H23F6NO5. The molecule has 2 aliphatic carbocycles. The van der Waals surface area contributed by atoms with Crippen molar-refractivity contribution in [3.63, 3.8) is 0 Å². The van der Waals surface area contributed by atoms with Gasteiger partial charge in [0.2, 0.25) is 5.91 Å². The summed E-state index contributed by atoms with van der Waals surface area (Å²) in [6.45, 7) is 2.38. The summed E-state index contributed by atoms with van der Waals surface area (Å²) < 4.78 is 78.8. The lowest BCUT2D eigenvalue weighted by atomic mass is 9.95. The number of ether oxygens (including phenoxy) is 1. The molecule has 0 spiro atoms. The van der Waals surface area contributed by atoms with E-state index in [9.17, 15) is 40.7 Å². The van der Waals surface area contributed by atoms with E-state index < -0.39 is 35.1 Å². The van der Waals surface area contributed by atoms with Crippen LogP contribution < -0.4 is 0 Å². The number of carboxylic acids is 1. The van der Waals surface area contributed by atoms with Crippen LogP contribution in [0.4, 0.5) is 26.3 Å². The lowest BCUT2D eigenvalue weighted by Crippen LogP contribution is -2.48. The normalized spacial score (nSPS) is 22.4. The number of amides is 1. The maximum atomic E-state index is 12.9. The minimum absolute atomic E-state index is 0.118. The van der Waals surface area contributed by atoms with Crippen molar-refractivity contribution >= 4 is 17.8 Å². The second-order valence-electron chi connectivity index (χ2n) is 7.78. The standard InChI is InChI=1S/C13H18F3NO3.C5H5F3O2/c1-2-20-10(18)9-3-7-17(8-4-9)11(19)12(5-6-12)13(14,15)16;6-5(7,8)4(1-2-4)3(9)10/h9H,2-8H2,1H3;1-2H2,(H,9,10). The van der Waals surface area contributed by atoms with E-state index in [0.29, 0.717) is 12.8 Å². The van der Waals surface area contributed by atoms with Gasteiger partial charge in [0.25, 0.3) is 0 Å². The predicted octanol–water partition coefficient (Wildman–Crippen LogP) is 3.54. The smallest absolute Gasteiger partial charge is 0.404 e. The van der Waals surface area contributed by atoms with Gasteiger partial charge < -0.3 is 14.7 Å². The first-order valence-electron chi connectivity index (χ1n) is 9.55. The number of rotatable bonds is 4. The lowest BCUT2D eigenvalue weighted by molar-refractivity contribution is -0.203. The van der Waals surface area contributed by atoms with Crippen molar-refractivity contribution < 1.29 is 50.6 Å². The van der Waals surface area contributed by atoms with Crippen LogP contribution in [0.25, 0.3) is 0 Å². The molecule has 0 aromatic rings. The maximum absolute atomic E-state index is 12.9. The number of piperidine rings is 1. The summed E-state index contributed by atoms with van der Waals surface area (Å²) in [5, 5.41) is 8.12. The SMILES string of the molecule is CCOC(=O)C1CCN(C(=O)C2(C(F)(F)F)CC2)CC1.O=C(O)C1(C(F)(F)F)CC1. The zero-order valence-corrected chi connectivity index (χ0v) is 16.2. The minimum atomic E-state index is -4.57. The van der Waals surface area contributed by atoms with Gasteiger partial charge in [0, 0.05) is 13.1 Å². The lowest BCUT2D eigenvalue weighted by Gasteiger charge is -2.34. The molecule has 0 atom stereocenters.